The number of benzene rings is 2. The number of rotatable bonds is 4. The number of amides is 1. The summed E-state index contributed by atoms with van der Waals surface area (Å²) in [6.45, 7) is 1.66. The van der Waals surface area contributed by atoms with Crippen LogP contribution in [0.15, 0.2) is 53.3 Å². The number of nitrogens with zero attached hydrogens (tertiary/aromatic N) is 1. The first-order chi connectivity index (χ1) is 18.8. The van der Waals surface area contributed by atoms with E-state index in [-0.39, 0.29) is 11.1 Å². The Hall–Kier alpha value is -4.32. The summed E-state index contributed by atoms with van der Waals surface area (Å²) in [5.74, 6) is -9.47. The van der Waals surface area contributed by atoms with E-state index < -0.39 is 81.4 Å². The molecule has 7 N–H and O–H groups in total. The van der Waals surface area contributed by atoms with Crippen molar-refractivity contribution in [2.75, 3.05) is 14.1 Å². The van der Waals surface area contributed by atoms with E-state index >= 15 is 0 Å². The minimum Gasteiger partial charge on any atom is -0.508 e. The Morgan fingerprint density at radius 3 is 2.38 bits per heavy atom. The first-order valence-electron chi connectivity index (χ1n) is 12.5. The van der Waals surface area contributed by atoms with Gasteiger partial charge in [0.15, 0.2) is 11.4 Å². The lowest BCUT2D eigenvalue weighted by atomic mass is 9.54. The first kappa shape index (κ1) is 27.3. The summed E-state index contributed by atoms with van der Waals surface area (Å²) in [5.41, 5.74) is 2.23. The maximum Gasteiger partial charge on any atom is 0.255 e. The molecule has 1 amide bonds. The fourth-order valence-electron chi connectivity index (χ4n) is 6.63. The molecular weight excluding hydrogens is 520 g/mol. The van der Waals surface area contributed by atoms with Gasteiger partial charge in [-0.1, -0.05) is 37.3 Å². The molecule has 0 aliphatic heterocycles. The highest BCUT2D eigenvalue weighted by molar-refractivity contribution is 6.24. The second-order valence-corrected chi connectivity index (χ2v) is 10.7. The smallest absolute Gasteiger partial charge is 0.255 e. The highest BCUT2D eigenvalue weighted by Gasteiger charge is 2.68. The lowest BCUT2D eigenvalue weighted by molar-refractivity contribution is -0.169. The molecule has 2 aromatic carbocycles. The Kier molecular flexibility index (Phi) is 6.21. The molecule has 0 spiro atoms. The van der Waals surface area contributed by atoms with Crippen LogP contribution >= 0.6 is 0 Å². The molecule has 11 nitrogen and oxygen atoms in total. The molecule has 1 fully saturated rings. The van der Waals surface area contributed by atoms with Crippen LogP contribution in [0, 0.1) is 11.8 Å². The van der Waals surface area contributed by atoms with E-state index in [1.807, 2.05) is 0 Å². The van der Waals surface area contributed by atoms with Gasteiger partial charge in [0.1, 0.15) is 29.1 Å². The van der Waals surface area contributed by atoms with Crippen LogP contribution in [0.2, 0.25) is 0 Å². The van der Waals surface area contributed by atoms with Gasteiger partial charge in [-0.15, -0.1) is 0 Å². The summed E-state index contributed by atoms with van der Waals surface area (Å²) in [5, 5.41) is 57.1. The first-order valence-corrected chi connectivity index (χ1v) is 12.5. The molecule has 3 aliphatic carbocycles. The Morgan fingerprint density at radius 2 is 1.77 bits per heavy atom. The number of phenolic OH excluding ortho intramolecular Hbond substituents is 1. The lowest BCUT2D eigenvalue weighted by Crippen LogP contribution is -2.70. The van der Waals surface area contributed by atoms with Crippen molar-refractivity contribution >= 4 is 29.5 Å². The van der Waals surface area contributed by atoms with Crippen molar-refractivity contribution < 1.29 is 44.7 Å². The molecule has 5 rings (SSSR count). The fourth-order valence-corrected chi connectivity index (χ4v) is 6.63. The van der Waals surface area contributed by atoms with Crippen molar-refractivity contribution in [2.24, 2.45) is 17.6 Å². The van der Waals surface area contributed by atoms with Crippen molar-refractivity contribution in [3.05, 3.63) is 70.0 Å². The molecule has 3 aliphatic rings. The standard InChI is InChI=1S/C29H28N2O9/c1-11-14-7-8-15(13-6-4-5-12(9-13)10-32)22(33)17(14)23(34)18-16(11)24(35)20-21(31(2)3)25(36)19(28(30)39)27(38)29(20,40)26(18)37/h4-11,16,20-21,24,33-35,38,40H,1-3H3,(H2,30,39)/t11-,16+,20+,21-,24-,29-/m1/s1. The summed E-state index contributed by atoms with van der Waals surface area (Å²) in [6.07, 6.45) is -1.03. The van der Waals surface area contributed by atoms with Crippen molar-refractivity contribution in [2.45, 2.75) is 30.6 Å². The van der Waals surface area contributed by atoms with Crippen LogP contribution < -0.4 is 5.73 Å². The number of Topliss-reactive ketones (excluding diaryl/α,β-unsaturated/α-hetero) is 2. The summed E-state index contributed by atoms with van der Waals surface area (Å²) < 4.78 is 0. The number of aliphatic hydroxyl groups excluding tert-OH is 3. The Bertz CT molecular complexity index is 1570. The van der Waals surface area contributed by atoms with Gasteiger partial charge in [0.05, 0.1) is 23.6 Å². The highest BCUT2D eigenvalue weighted by atomic mass is 16.4. The fraction of sp³-hybridized carbons (Fsp3) is 0.310. The van der Waals surface area contributed by atoms with Gasteiger partial charge in [-0.05, 0) is 37.2 Å². The molecule has 0 unspecified atom stereocenters. The largest absolute Gasteiger partial charge is 0.508 e. The molecule has 2 aromatic rings. The number of primary amides is 1. The van der Waals surface area contributed by atoms with Crippen molar-refractivity contribution in [3.63, 3.8) is 0 Å². The Balaban J connectivity index is 1.78. The monoisotopic (exact) mass is 548 g/mol. The number of ketones is 2. The zero-order chi connectivity index (χ0) is 29.4. The molecule has 208 valence electrons. The Labute approximate surface area is 228 Å². The van der Waals surface area contributed by atoms with E-state index in [0.29, 0.717) is 23.0 Å². The maximum atomic E-state index is 14.1. The van der Waals surface area contributed by atoms with E-state index in [1.54, 1.807) is 37.3 Å². The zero-order valence-corrected chi connectivity index (χ0v) is 21.8. The third kappa shape index (κ3) is 3.41. The second-order valence-electron chi connectivity index (χ2n) is 10.7. The van der Waals surface area contributed by atoms with Crippen molar-refractivity contribution in [1.82, 2.24) is 4.90 Å². The summed E-state index contributed by atoms with van der Waals surface area (Å²) in [6, 6.07) is 8.15. The second kappa shape index (κ2) is 9.12. The van der Waals surface area contributed by atoms with Gasteiger partial charge in [-0.3, -0.25) is 24.1 Å². The Morgan fingerprint density at radius 1 is 1.10 bits per heavy atom. The quantitative estimate of drug-likeness (QED) is 0.236. The third-order valence-electron chi connectivity index (χ3n) is 8.46. The number of hydrogen-bond acceptors (Lipinski definition) is 10. The topological polar surface area (TPSA) is 199 Å². The van der Waals surface area contributed by atoms with Gasteiger partial charge in [0.25, 0.3) is 5.91 Å². The number of carbonyl (C=O) groups excluding carboxylic acids is 4. The van der Waals surface area contributed by atoms with E-state index in [0.717, 1.165) is 0 Å². The van der Waals surface area contributed by atoms with Crippen LogP contribution in [0.3, 0.4) is 0 Å². The predicted molar refractivity (Wildman–Crippen MR) is 141 cm³/mol. The average Bonchev–Trinajstić information content (AvgIpc) is 2.90. The van der Waals surface area contributed by atoms with Crippen molar-refractivity contribution in [3.8, 4) is 16.9 Å². The van der Waals surface area contributed by atoms with Gasteiger partial charge < -0.3 is 31.3 Å². The molecule has 1 saturated carbocycles. The molecule has 11 heteroatoms. The molecule has 40 heavy (non-hydrogen) atoms. The van der Waals surface area contributed by atoms with Gasteiger partial charge in [0.2, 0.25) is 5.78 Å². The summed E-state index contributed by atoms with van der Waals surface area (Å²) in [7, 11) is 2.89. The molecule has 0 bridgehead atoms. The van der Waals surface area contributed by atoms with Crippen LogP contribution in [0.25, 0.3) is 16.9 Å². The van der Waals surface area contributed by atoms with Crippen LogP contribution in [0.1, 0.15) is 34.3 Å². The molecule has 0 saturated heterocycles. The van der Waals surface area contributed by atoms with E-state index in [9.17, 15) is 44.7 Å². The minimum absolute atomic E-state index is 0.120. The normalized spacial score (nSPS) is 29.7. The summed E-state index contributed by atoms with van der Waals surface area (Å²) in [4.78, 5) is 52.0. The molecular formula is C29H28N2O9. The molecule has 0 heterocycles. The SMILES string of the molecule is C[C@@H]1c2ccc(-c3cccc(C=O)c3)c(O)c2C(O)=C2C(=O)[C@@]3(O)C(O)=C(C(N)=O)C(=O)[C@H](N(C)C)[C@H]3[C@H](O)[C@H]21. The van der Waals surface area contributed by atoms with E-state index in [1.165, 1.54) is 25.1 Å². The van der Waals surface area contributed by atoms with Crippen LogP contribution in [-0.2, 0) is 14.4 Å². The number of aromatic hydroxyl groups is 1. The van der Waals surface area contributed by atoms with Gasteiger partial charge >= 0.3 is 0 Å². The molecule has 0 aromatic heterocycles. The molecule has 0 radical (unpaired) electrons. The number of phenols is 1. The van der Waals surface area contributed by atoms with E-state index in [4.69, 9.17) is 5.73 Å². The number of nitrogens with two attached hydrogens (primary N) is 1. The number of carbonyl (C=O) groups is 4. The average molecular weight is 549 g/mol. The van der Waals surface area contributed by atoms with Crippen LogP contribution in [0.4, 0.5) is 0 Å². The number of aldehydes is 1. The van der Waals surface area contributed by atoms with E-state index in [2.05, 4.69) is 0 Å². The predicted octanol–water partition coefficient (Wildman–Crippen LogP) is 0.975. The lowest BCUT2D eigenvalue weighted by Gasteiger charge is -2.53. The maximum absolute atomic E-state index is 14.1. The van der Waals surface area contributed by atoms with Crippen molar-refractivity contribution in [1.29, 1.82) is 0 Å². The van der Waals surface area contributed by atoms with Crippen LogP contribution in [-0.4, -0.2) is 86.0 Å². The summed E-state index contributed by atoms with van der Waals surface area (Å²) >= 11 is 0. The molecule has 6 atom stereocenters. The van der Waals surface area contributed by atoms with Gasteiger partial charge in [-0.25, -0.2) is 0 Å². The third-order valence-corrected chi connectivity index (χ3v) is 8.46. The number of fused-ring (bicyclic) bond motifs is 3. The number of aliphatic hydroxyl groups is 4. The number of likely N-dealkylation sites (N-methyl/N-ethyl adjacent to an activating group) is 1. The zero-order valence-electron chi connectivity index (χ0n) is 21.8. The number of hydrogen-bond donors (Lipinski definition) is 6. The van der Waals surface area contributed by atoms with Crippen LogP contribution in [0.5, 0.6) is 5.75 Å². The van der Waals surface area contributed by atoms with Gasteiger partial charge in [-0.2, -0.15) is 0 Å². The van der Waals surface area contributed by atoms with Gasteiger partial charge in [0, 0.05) is 22.6 Å². The highest BCUT2D eigenvalue weighted by Crippen LogP contribution is 2.56. The minimum atomic E-state index is -2.98.